The maximum Gasteiger partial charge on any atom is 0.134 e. The molecular formula is C22H25N3O2. The van der Waals surface area contributed by atoms with E-state index in [1.54, 1.807) is 7.11 Å². The predicted octanol–water partition coefficient (Wildman–Crippen LogP) is 3.90. The summed E-state index contributed by atoms with van der Waals surface area (Å²) in [6.07, 6.45) is 4.24. The quantitative estimate of drug-likeness (QED) is 0.512. The van der Waals surface area contributed by atoms with E-state index in [2.05, 4.69) is 55.8 Å². The van der Waals surface area contributed by atoms with Crippen molar-refractivity contribution >= 4 is 27.9 Å². The average Bonchev–Trinajstić information content (AvgIpc) is 2.62. The van der Waals surface area contributed by atoms with Crippen LogP contribution >= 0.6 is 0 Å². The Labute approximate surface area is 159 Å². The molecular weight excluding hydrogens is 338 g/mol. The molecule has 2 heterocycles. The van der Waals surface area contributed by atoms with Crippen molar-refractivity contribution < 1.29 is 9.47 Å². The van der Waals surface area contributed by atoms with Gasteiger partial charge >= 0.3 is 0 Å². The summed E-state index contributed by atoms with van der Waals surface area (Å²) in [6.45, 7) is 4.10. The molecule has 0 spiro atoms. The zero-order valence-corrected chi connectivity index (χ0v) is 16.7. The van der Waals surface area contributed by atoms with Crippen molar-refractivity contribution in [2.45, 2.75) is 19.4 Å². The van der Waals surface area contributed by atoms with Gasteiger partial charge in [-0.2, -0.15) is 5.10 Å². The maximum absolute atomic E-state index is 6.24. The van der Waals surface area contributed by atoms with E-state index in [0.717, 1.165) is 44.2 Å². The number of nitrogens with zero attached hydrogens (tertiary/aromatic N) is 3. The van der Waals surface area contributed by atoms with Gasteiger partial charge in [-0.25, -0.2) is 0 Å². The third-order valence-electron chi connectivity index (χ3n) is 4.90. The molecule has 4 rings (SSSR count). The highest BCUT2D eigenvalue weighted by Crippen LogP contribution is 2.40. The molecule has 5 nitrogen and oxygen atoms in total. The summed E-state index contributed by atoms with van der Waals surface area (Å²) in [6, 6.07) is 10.3. The fraction of sp³-hybridized carbons (Fsp3) is 0.318. The summed E-state index contributed by atoms with van der Waals surface area (Å²) in [5.41, 5.74) is 2.86. The van der Waals surface area contributed by atoms with Crippen molar-refractivity contribution in [2.75, 3.05) is 21.2 Å². The highest BCUT2D eigenvalue weighted by molar-refractivity contribution is 6.02. The number of rotatable bonds is 2. The molecule has 0 amide bonds. The zero-order chi connectivity index (χ0) is 19.3. The van der Waals surface area contributed by atoms with Crippen LogP contribution in [0, 0.1) is 0 Å². The van der Waals surface area contributed by atoms with Crippen molar-refractivity contribution in [1.82, 2.24) is 9.58 Å². The van der Waals surface area contributed by atoms with E-state index in [1.165, 1.54) is 0 Å². The Morgan fingerprint density at radius 2 is 1.93 bits per heavy atom. The smallest absolute Gasteiger partial charge is 0.134 e. The van der Waals surface area contributed by atoms with Gasteiger partial charge in [0.15, 0.2) is 0 Å². The van der Waals surface area contributed by atoms with Crippen molar-refractivity contribution in [3.05, 3.63) is 47.3 Å². The molecule has 0 fully saturated rings. The topological polar surface area (TPSA) is 39.0 Å². The van der Waals surface area contributed by atoms with Gasteiger partial charge < -0.3 is 19.0 Å². The number of para-hydroxylation sites is 1. The lowest BCUT2D eigenvalue weighted by Crippen LogP contribution is -2.28. The van der Waals surface area contributed by atoms with E-state index in [4.69, 9.17) is 14.6 Å². The standard InChI is InChI=1S/C22H25N3O2/c1-22(2)12-11-15-17(27-22)13-18(26-6)19-20(23-24(3)4)14-9-7-8-10-16(14)25(5)21(15)19/h7-13H,1-6H3. The molecule has 0 saturated heterocycles. The molecule has 0 radical (unpaired) electrons. The number of fused-ring (bicyclic) bond motifs is 4. The number of aryl methyl sites for hydroxylation is 1. The summed E-state index contributed by atoms with van der Waals surface area (Å²) >= 11 is 0. The Bertz CT molecular complexity index is 1150. The first kappa shape index (κ1) is 17.5. The van der Waals surface area contributed by atoms with E-state index >= 15 is 0 Å². The van der Waals surface area contributed by atoms with Crippen molar-refractivity contribution in [3.63, 3.8) is 0 Å². The number of ether oxygens (including phenoxy) is 2. The van der Waals surface area contributed by atoms with Crippen LogP contribution in [0.2, 0.25) is 0 Å². The van der Waals surface area contributed by atoms with E-state index < -0.39 is 0 Å². The molecule has 0 aliphatic carbocycles. The van der Waals surface area contributed by atoms with E-state index in [-0.39, 0.29) is 5.60 Å². The normalized spacial score (nSPS) is 15.7. The van der Waals surface area contributed by atoms with Gasteiger partial charge in [0.1, 0.15) is 22.5 Å². The van der Waals surface area contributed by atoms with Crippen molar-refractivity contribution in [2.24, 2.45) is 12.1 Å². The Kier molecular flexibility index (Phi) is 3.91. The van der Waals surface area contributed by atoms with Gasteiger partial charge in [0, 0.05) is 38.2 Å². The summed E-state index contributed by atoms with van der Waals surface area (Å²) in [5.74, 6) is 1.59. The summed E-state index contributed by atoms with van der Waals surface area (Å²) in [4.78, 5) is 0. The molecule has 140 valence electrons. The van der Waals surface area contributed by atoms with Crippen molar-refractivity contribution in [3.8, 4) is 11.5 Å². The molecule has 0 atom stereocenters. The van der Waals surface area contributed by atoms with Crippen LogP contribution in [-0.2, 0) is 7.05 Å². The van der Waals surface area contributed by atoms with Crippen LogP contribution in [0.25, 0.3) is 27.9 Å². The Morgan fingerprint density at radius 3 is 2.63 bits per heavy atom. The SMILES string of the molecule is COc1cc2c(c3c1c(=NN(C)C)c1ccccc1n3C)C=CC(C)(C)O2. The maximum atomic E-state index is 6.24. The van der Waals surface area contributed by atoms with Crippen LogP contribution in [0.1, 0.15) is 19.4 Å². The number of hydrogen-bond donors (Lipinski definition) is 0. The highest BCUT2D eigenvalue weighted by atomic mass is 16.5. The molecule has 1 aliphatic heterocycles. The Hall–Kier alpha value is -2.95. The molecule has 0 saturated carbocycles. The molecule has 27 heavy (non-hydrogen) atoms. The number of pyridine rings is 1. The van der Waals surface area contributed by atoms with Crippen LogP contribution in [0.5, 0.6) is 11.5 Å². The minimum absolute atomic E-state index is 0.349. The lowest BCUT2D eigenvalue weighted by molar-refractivity contribution is 0.159. The Morgan fingerprint density at radius 1 is 1.19 bits per heavy atom. The molecule has 5 heteroatoms. The molecule has 1 aromatic heterocycles. The number of hydrogen-bond acceptors (Lipinski definition) is 4. The van der Waals surface area contributed by atoms with Gasteiger partial charge in [-0.3, -0.25) is 0 Å². The molecule has 3 aromatic rings. The van der Waals surface area contributed by atoms with Gasteiger partial charge in [0.05, 0.1) is 23.5 Å². The largest absolute Gasteiger partial charge is 0.496 e. The number of methoxy groups -OCH3 is 1. The van der Waals surface area contributed by atoms with Crippen LogP contribution in [0.15, 0.2) is 41.5 Å². The second kappa shape index (κ2) is 6.05. The summed E-state index contributed by atoms with van der Waals surface area (Å²) in [5, 5.41) is 9.62. The first-order valence-corrected chi connectivity index (χ1v) is 9.05. The second-order valence-electron chi connectivity index (χ2n) is 7.63. The first-order valence-electron chi connectivity index (χ1n) is 9.05. The lowest BCUT2D eigenvalue weighted by Gasteiger charge is -2.29. The molecule has 1 aliphatic rings. The fourth-order valence-electron chi connectivity index (χ4n) is 3.75. The van der Waals surface area contributed by atoms with Crippen LogP contribution in [0.4, 0.5) is 0 Å². The minimum atomic E-state index is -0.349. The number of benzene rings is 2. The summed E-state index contributed by atoms with van der Waals surface area (Å²) in [7, 11) is 7.64. The van der Waals surface area contributed by atoms with E-state index in [1.807, 2.05) is 31.2 Å². The van der Waals surface area contributed by atoms with Crippen LogP contribution < -0.4 is 14.8 Å². The highest BCUT2D eigenvalue weighted by Gasteiger charge is 2.26. The predicted molar refractivity (Wildman–Crippen MR) is 110 cm³/mol. The zero-order valence-electron chi connectivity index (χ0n) is 16.7. The third-order valence-corrected chi connectivity index (χ3v) is 4.90. The van der Waals surface area contributed by atoms with Gasteiger partial charge in [0.25, 0.3) is 0 Å². The fourth-order valence-corrected chi connectivity index (χ4v) is 3.75. The lowest BCUT2D eigenvalue weighted by atomic mass is 9.98. The van der Waals surface area contributed by atoms with Crippen LogP contribution in [-0.4, -0.2) is 36.4 Å². The Balaban J connectivity index is 2.30. The summed E-state index contributed by atoms with van der Waals surface area (Å²) < 4.78 is 14.2. The third kappa shape index (κ3) is 2.74. The molecule has 0 unspecified atom stereocenters. The molecule has 2 aromatic carbocycles. The van der Waals surface area contributed by atoms with E-state index in [0.29, 0.717) is 0 Å². The minimum Gasteiger partial charge on any atom is -0.496 e. The van der Waals surface area contributed by atoms with Crippen molar-refractivity contribution in [1.29, 1.82) is 0 Å². The molecule has 0 N–H and O–H groups in total. The first-order chi connectivity index (χ1) is 12.8. The van der Waals surface area contributed by atoms with Gasteiger partial charge in [0.2, 0.25) is 0 Å². The second-order valence-corrected chi connectivity index (χ2v) is 7.63. The average molecular weight is 363 g/mol. The molecule has 0 bridgehead atoms. The monoisotopic (exact) mass is 363 g/mol. The van der Waals surface area contributed by atoms with Gasteiger partial charge in [-0.1, -0.05) is 18.2 Å². The van der Waals surface area contributed by atoms with Gasteiger partial charge in [-0.15, -0.1) is 0 Å². The van der Waals surface area contributed by atoms with E-state index in [9.17, 15) is 0 Å². The van der Waals surface area contributed by atoms with Crippen LogP contribution in [0.3, 0.4) is 0 Å². The number of aromatic nitrogens is 1. The van der Waals surface area contributed by atoms with Gasteiger partial charge in [-0.05, 0) is 32.1 Å².